The highest BCUT2D eigenvalue weighted by Gasteiger charge is 2.31. The summed E-state index contributed by atoms with van der Waals surface area (Å²) in [6.45, 7) is 12.6. The lowest BCUT2D eigenvalue weighted by Gasteiger charge is -2.30. The van der Waals surface area contributed by atoms with Crippen LogP contribution in [0, 0.1) is 5.41 Å². The van der Waals surface area contributed by atoms with Gasteiger partial charge in [-0.15, -0.1) is 6.58 Å². The zero-order valence-corrected chi connectivity index (χ0v) is 24.3. The van der Waals surface area contributed by atoms with Crippen molar-refractivity contribution in [2.75, 3.05) is 13.9 Å². The Morgan fingerprint density at radius 1 is 1.00 bits per heavy atom. The summed E-state index contributed by atoms with van der Waals surface area (Å²) in [7, 11) is 1.64. The van der Waals surface area contributed by atoms with Crippen LogP contribution in [0.2, 0.25) is 0 Å². The Kier molecular flexibility index (Phi) is 14.6. The lowest BCUT2D eigenvalue weighted by atomic mass is 9.92. The van der Waals surface area contributed by atoms with Crippen molar-refractivity contribution in [1.82, 2.24) is 0 Å². The number of allylic oxidation sites excluding steroid dienone is 2. The van der Waals surface area contributed by atoms with Crippen LogP contribution in [0.3, 0.4) is 0 Å². The fourth-order valence-corrected chi connectivity index (χ4v) is 3.89. The largest absolute Gasteiger partial charge is 0.497 e. The SMILES string of the molecule is C=CCC[C@@H](C[C@@H](OCc1ccc(OC)cc1)[C@@H](C)OCOCc1ccccc1)OC(=O)C(C)(C)/C=C/CC. The van der Waals surface area contributed by atoms with Crippen LogP contribution in [0.4, 0.5) is 0 Å². The first kappa shape index (κ1) is 32.3. The zero-order valence-electron chi connectivity index (χ0n) is 24.3. The lowest BCUT2D eigenvalue weighted by molar-refractivity contribution is -0.166. The van der Waals surface area contributed by atoms with Crippen molar-refractivity contribution in [3.8, 4) is 5.75 Å². The van der Waals surface area contributed by atoms with E-state index in [0.717, 1.165) is 29.7 Å². The summed E-state index contributed by atoms with van der Waals surface area (Å²) in [5, 5.41) is 0. The third kappa shape index (κ3) is 12.2. The number of hydrogen-bond donors (Lipinski definition) is 0. The molecule has 0 aliphatic heterocycles. The smallest absolute Gasteiger partial charge is 0.315 e. The summed E-state index contributed by atoms with van der Waals surface area (Å²) in [6.07, 6.45) is 7.50. The average Bonchev–Trinajstić information content (AvgIpc) is 2.95. The van der Waals surface area contributed by atoms with Crippen molar-refractivity contribution in [2.45, 2.75) is 84.9 Å². The van der Waals surface area contributed by atoms with Gasteiger partial charge in [0.05, 0.1) is 37.9 Å². The van der Waals surface area contributed by atoms with Crippen LogP contribution in [0.15, 0.2) is 79.4 Å². The quantitative estimate of drug-likeness (QED) is 0.0803. The predicted octanol–water partition coefficient (Wildman–Crippen LogP) is 7.42. The molecule has 0 heterocycles. The number of rotatable bonds is 19. The van der Waals surface area contributed by atoms with Gasteiger partial charge in [0.2, 0.25) is 0 Å². The summed E-state index contributed by atoms with van der Waals surface area (Å²) < 4.78 is 29.5. The molecule has 0 bridgehead atoms. The number of esters is 1. The Bertz CT molecular complexity index is 983. The van der Waals surface area contributed by atoms with Crippen LogP contribution in [-0.4, -0.2) is 38.2 Å². The van der Waals surface area contributed by atoms with Gasteiger partial charge in [-0.25, -0.2) is 0 Å². The van der Waals surface area contributed by atoms with Gasteiger partial charge in [-0.3, -0.25) is 4.79 Å². The summed E-state index contributed by atoms with van der Waals surface area (Å²) in [5.74, 6) is 0.536. The first-order valence-electron chi connectivity index (χ1n) is 13.8. The van der Waals surface area contributed by atoms with E-state index in [1.165, 1.54) is 0 Å². The minimum Gasteiger partial charge on any atom is -0.497 e. The summed E-state index contributed by atoms with van der Waals surface area (Å²) in [5.41, 5.74) is 1.38. The normalized spacial score (nSPS) is 14.1. The van der Waals surface area contributed by atoms with Crippen molar-refractivity contribution >= 4 is 5.97 Å². The second-order valence-electron chi connectivity index (χ2n) is 10.2. The molecule has 0 N–H and O–H groups in total. The maximum Gasteiger partial charge on any atom is 0.315 e. The maximum atomic E-state index is 13.1. The molecule has 0 saturated heterocycles. The molecule has 0 aliphatic rings. The van der Waals surface area contributed by atoms with Gasteiger partial charge in [-0.1, -0.05) is 67.6 Å². The molecular formula is C33H46O6. The van der Waals surface area contributed by atoms with Gasteiger partial charge >= 0.3 is 5.97 Å². The van der Waals surface area contributed by atoms with Gasteiger partial charge in [-0.05, 0) is 63.3 Å². The fraction of sp³-hybridized carbons (Fsp3) is 0.485. The molecule has 0 unspecified atom stereocenters. The minimum absolute atomic E-state index is 0.129. The predicted molar refractivity (Wildman–Crippen MR) is 155 cm³/mol. The second kappa shape index (κ2) is 17.6. The van der Waals surface area contributed by atoms with E-state index >= 15 is 0 Å². The topological polar surface area (TPSA) is 63.2 Å². The van der Waals surface area contributed by atoms with Crippen LogP contribution in [0.25, 0.3) is 0 Å². The lowest BCUT2D eigenvalue weighted by Crippen LogP contribution is -2.36. The number of hydrogen-bond acceptors (Lipinski definition) is 6. The standard InChI is InChI=1S/C33H46O6/c1-7-9-16-30(39-32(34)33(4,5)21-10-8-2)22-31(37-24-28-17-19-29(35-6)20-18-28)26(3)38-25-36-23-27-14-12-11-13-15-27/h7,10-15,17-21,26,30-31H,1,8-9,16,22-25H2,2-6H3/b21-10+/t26-,30+,31-/m1/s1. The molecule has 6 nitrogen and oxygen atoms in total. The first-order valence-corrected chi connectivity index (χ1v) is 13.8. The third-order valence-electron chi connectivity index (χ3n) is 6.43. The number of carbonyl (C=O) groups excluding carboxylic acids is 1. The van der Waals surface area contributed by atoms with E-state index in [9.17, 15) is 4.79 Å². The summed E-state index contributed by atoms with van der Waals surface area (Å²) in [4.78, 5) is 13.1. The maximum absolute atomic E-state index is 13.1. The highest BCUT2D eigenvalue weighted by Crippen LogP contribution is 2.25. The molecule has 0 spiro atoms. The van der Waals surface area contributed by atoms with Crippen LogP contribution < -0.4 is 4.74 Å². The minimum atomic E-state index is -0.713. The Balaban J connectivity index is 2.09. The zero-order chi connectivity index (χ0) is 28.5. The molecule has 0 aromatic heterocycles. The number of benzene rings is 2. The number of ether oxygens (including phenoxy) is 5. The van der Waals surface area contributed by atoms with Crippen LogP contribution in [0.5, 0.6) is 5.75 Å². The second-order valence-corrected chi connectivity index (χ2v) is 10.2. The molecule has 2 rings (SSSR count). The van der Waals surface area contributed by atoms with Crippen molar-refractivity contribution in [1.29, 1.82) is 0 Å². The van der Waals surface area contributed by atoms with Crippen molar-refractivity contribution < 1.29 is 28.5 Å². The molecular weight excluding hydrogens is 492 g/mol. The van der Waals surface area contributed by atoms with E-state index in [4.69, 9.17) is 23.7 Å². The molecule has 214 valence electrons. The molecule has 0 radical (unpaired) electrons. The molecule has 2 aromatic carbocycles. The fourth-order valence-electron chi connectivity index (χ4n) is 3.89. The van der Waals surface area contributed by atoms with Crippen LogP contribution in [0.1, 0.15) is 64.5 Å². The van der Waals surface area contributed by atoms with Gasteiger partial charge in [0.15, 0.2) is 0 Å². The van der Waals surface area contributed by atoms with Crippen molar-refractivity contribution in [2.24, 2.45) is 5.41 Å². The van der Waals surface area contributed by atoms with Crippen molar-refractivity contribution in [3.05, 3.63) is 90.5 Å². The first-order chi connectivity index (χ1) is 18.8. The van der Waals surface area contributed by atoms with E-state index in [0.29, 0.717) is 26.1 Å². The van der Waals surface area contributed by atoms with E-state index in [1.54, 1.807) is 7.11 Å². The Labute approximate surface area is 235 Å². The van der Waals surface area contributed by atoms with Gasteiger partial charge in [-0.2, -0.15) is 0 Å². The number of methoxy groups -OCH3 is 1. The van der Waals surface area contributed by atoms with Crippen molar-refractivity contribution in [3.63, 3.8) is 0 Å². The Morgan fingerprint density at radius 3 is 2.33 bits per heavy atom. The third-order valence-corrected chi connectivity index (χ3v) is 6.43. The molecule has 0 aliphatic carbocycles. The Hall–Kier alpha value is -2.93. The van der Waals surface area contributed by atoms with Gasteiger partial charge in [0.25, 0.3) is 0 Å². The molecule has 2 aromatic rings. The van der Waals surface area contributed by atoms with Gasteiger partial charge in [0.1, 0.15) is 18.6 Å². The van der Waals surface area contributed by atoms with E-state index in [2.05, 4.69) is 6.58 Å². The van der Waals surface area contributed by atoms with Crippen LogP contribution in [-0.2, 0) is 37.0 Å². The highest BCUT2D eigenvalue weighted by atomic mass is 16.7. The Morgan fingerprint density at radius 2 is 1.69 bits per heavy atom. The van der Waals surface area contributed by atoms with Gasteiger partial charge < -0.3 is 23.7 Å². The molecule has 0 fully saturated rings. The van der Waals surface area contributed by atoms with E-state index in [-0.39, 0.29) is 31.1 Å². The number of carbonyl (C=O) groups is 1. The molecule has 0 saturated carbocycles. The van der Waals surface area contributed by atoms with E-state index < -0.39 is 5.41 Å². The average molecular weight is 539 g/mol. The molecule has 3 atom stereocenters. The van der Waals surface area contributed by atoms with Crippen LogP contribution >= 0.6 is 0 Å². The highest BCUT2D eigenvalue weighted by molar-refractivity contribution is 5.78. The molecule has 6 heteroatoms. The summed E-state index contributed by atoms with van der Waals surface area (Å²) in [6, 6.07) is 17.7. The monoisotopic (exact) mass is 538 g/mol. The molecule has 39 heavy (non-hydrogen) atoms. The van der Waals surface area contributed by atoms with E-state index in [1.807, 2.05) is 101 Å². The molecule has 0 amide bonds. The summed E-state index contributed by atoms with van der Waals surface area (Å²) >= 11 is 0. The van der Waals surface area contributed by atoms with Gasteiger partial charge in [0, 0.05) is 6.42 Å².